The molecule has 1 aromatic rings. The molecule has 1 aliphatic heterocycles. The molecule has 1 aromatic carbocycles. The van der Waals surface area contributed by atoms with Crippen molar-refractivity contribution in [2.75, 3.05) is 13.2 Å². The Kier molecular flexibility index (Phi) is 4.41. The second-order valence-corrected chi connectivity index (χ2v) is 5.92. The number of amides is 1. The highest BCUT2D eigenvalue weighted by Crippen LogP contribution is 2.33. The summed E-state index contributed by atoms with van der Waals surface area (Å²) >= 11 is 0. The fraction of sp³-hybridized carbons (Fsp3) is 0.562. The van der Waals surface area contributed by atoms with E-state index in [0.29, 0.717) is 13.2 Å². The molecule has 5 nitrogen and oxygen atoms in total. The van der Waals surface area contributed by atoms with Gasteiger partial charge in [0.1, 0.15) is 6.61 Å². The number of alkyl carbamates (subject to hydrolysis) is 1. The Morgan fingerprint density at radius 2 is 1.90 bits per heavy atom. The summed E-state index contributed by atoms with van der Waals surface area (Å²) in [5, 5.41) is 13.0. The lowest BCUT2D eigenvalue weighted by atomic mass is 9.75. The zero-order chi connectivity index (χ0) is 14.7. The Morgan fingerprint density at radius 1 is 1.24 bits per heavy atom. The maximum Gasteiger partial charge on any atom is 0.407 e. The van der Waals surface area contributed by atoms with Gasteiger partial charge >= 0.3 is 6.09 Å². The van der Waals surface area contributed by atoms with Crippen LogP contribution in [-0.4, -0.2) is 36.6 Å². The Bertz CT molecular complexity index is 464. The summed E-state index contributed by atoms with van der Waals surface area (Å²) in [6.07, 6.45) is 0.812. The van der Waals surface area contributed by atoms with Gasteiger partial charge < -0.3 is 19.9 Å². The van der Waals surface area contributed by atoms with Gasteiger partial charge in [-0.3, -0.25) is 0 Å². The molecule has 2 unspecified atom stereocenters. The third-order valence-corrected chi connectivity index (χ3v) is 4.34. The molecule has 2 bridgehead atoms. The Balaban J connectivity index is 1.47. The molecule has 3 rings (SSSR count). The molecule has 2 atom stereocenters. The van der Waals surface area contributed by atoms with Crippen molar-refractivity contribution in [1.82, 2.24) is 5.32 Å². The molecular weight excluding hydrogens is 270 g/mol. The number of ether oxygens (including phenoxy) is 2. The van der Waals surface area contributed by atoms with Crippen molar-refractivity contribution in [3.05, 3.63) is 35.9 Å². The Hall–Kier alpha value is -1.59. The molecule has 1 saturated heterocycles. The highest BCUT2D eigenvalue weighted by molar-refractivity contribution is 5.67. The Morgan fingerprint density at radius 3 is 2.57 bits per heavy atom. The summed E-state index contributed by atoms with van der Waals surface area (Å²) in [6.45, 7) is 1.43. The third-order valence-electron chi connectivity index (χ3n) is 4.34. The molecule has 1 amide bonds. The lowest BCUT2D eigenvalue weighted by molar-refractivity contribution is -0.109. The van der Waals surface area contributed by atoms with Crippen LogP contribution in [-0.2, 0) is 16.1 Å². The molecule has 114 valence electrons. The maximum atomic E-state index is 11.9. The minimum Gasteiger partial charge on any atom is -0.445 e. The van der Waals surface area contributed by atoms with E-state index in [1.807, 2.05) is 30.3 Å². The highest BCUT2D eigenvalue weighted by atomic mass is 16.5. The monoisotopic (exact) mass is 291 g/mol. The van der Waals surface area contributed by atoms with Crippen LogP contribution in [0.4, 0.5) is 4.79 Å². The fourth-order valence-corrected chi connectivity index (χ4v) is 3.24. The summed E-state index contributed by atoms with van der Waals surface area (Å²) in [6, 6.07) is 9.67. The average molecular weight is 291 g/mol. The van der Waals surface area contributed by atoms with Gasteiger partial charge in [-0.15, -0.1) is 0 Å². The predicted molar refractivity (Wildman–Crippen MR) is 76.6 cm³/mol. The molecular formula is C16H21NO4. The summed E-state index contributed by atoms with van der Waals surface area (Å²) in [7, 11) is 0. The average Bonchev–Trinajstić information content (AvgIpc) is 2.47. The molecule has 5 heteroatoms. The summed E-state index contributed by atoms with van der Waals surface area (Å²) in [5.41, 5.74) is 0.969. The van der Waals surface area contributed by atoms with E-state index in [1.54, 1.807) is 0 Å². The standard InChI is InChI=1S/C16H21NO4/c18-15-12-6-14(7-13(15)10-20-9-12)17-16(19)21-8-11-4-2-1-3-5-11/h1-5,12-15,18H,6-10H2,(H,17,19). The lowest BCUT2D eigenvalue weighted by Gasteiger charge is -2.42. The topological polar surface area (TPSA) is 67.8 Å². The molecule has 1 aliphatic carbocycles. The number of rotatable bonds is 3. The Labute approximate surface area is 124 Å². The number of aliphatic hydroxyl groups is 1. The summed E-state index contributed by atoms with van der Waals surface area (Å²) in [4.78, 5) is 11.9. The molecule has 2 N–H and O–H groups in total. The second-order valence-electron chi connectivity index (χ2n) is 5.92. The number of carbonyl (C=O) groups is 1. The van der Waals surface area contributed by atoms with Gasteiger partial charge in [-0.25, -0.2) is 4.79 Å². The minimum absolute atomic E-state index is 0.0653. The molecule has 0 aromatic heterocycles. The highest BCUT2D eigenvalue weighted by Gasteiger charge is 2.40. The normalized spacial score (nSPS) is 31.5. The number of nitrogens with one attached hydrogen (secondary N) is 1. The second kappa shape index (κ2) is 6.45. The van der Waals surface area contributed by atoms with E-state index >= 15 is 0 Å². The van der Waals surface area contributed by atoms with Gasteiger partial charge in [-0.05, 0) is 18.4 Å². The SMILES string of the molecule is O=C(NC1CC2COCC(C1)C2O)OCc1ccccc1. The zero-order valence-corrected chi connectivity index (χ0v) is 11.9. The van der Waals surface area contributed by atoms with Crippen LogP contribution in [0.25, 0.3) is 0 Å². The van der Waals surface area contributed by atoms with Gasteiger partial charge in [-0.2, -0.15) is 0 Å². The molecule has 2 fully saturated rings. The van der Waals surface area contributed by atoms with Crippen LogP contribution in [0, 0.1) is 11.8 Å². The molecule has 1 heterocycles. The summed E-state index contributed by atoms with van der Waals surface area (Å²) in [5.74, 6) is 0.244. The summed E-state index contributed by atoms with van der Waals surface area (Å²) < 4.78 is 10.7. The van der Waals surface area contributed by atoms with Crippen molar-refractivity contribution >= 4 is 6.09 Å². The van der Waals surface area contributed by atoms with Crippen molar-refractivity contribution in [1.29, 1.82) is 0 Å². The van der Waals surface area contributed by atoms with E-state index in [2.05, 4.69) is 5.32 Å². The number of aliphatic hydroxyl groups excluding tert-OH is 1. The maximum absolute atomic E-state index is 11.9. The smallest absolute Gasteiger partial charge is 0.407 e. The molecule has 0 spiro atoms. The van der Waals surface area contributed by atoms with Crippen LogP contribution in [0.1, 0.15) is 18.4 Å². The van der Waals surface area contributed by atoms with E-state index in [4.69, 9.17) is 9.47 Å². The van der Waals surface area contributed by atoms with Crippen molar-refractivity contribution in [2.24, 2.45) is 11.8 Å². The molecule has 2 aliphatic rings. The van der Waals surface area contributed by atoms with Gasteiger partial charge in [0.2, 0.25) is 0 Å². The zero-order valence-electron chi connectivity index (χ0n) is 11.9. The largest absolute Gasteiger partial charge is 0.445 e. The van der Waals surface area contributed by atoms with Gasteiger partial charge in [0.25, 0.3) is 0 Å². The van der Waals surface area contributed by atoms with Crippen LogP contribution >= 0.6 is 0 Å². The van der Waals surface area contributed by atoms with Gasteiger partial charge in [0.05, 0.1) is 19.3 Å². The molecule has 21 heavy (non-hydrogen) atoms. The number of benzene rings is 1. The third kappa shape index (κ3) is 3.54. The predicted octanol–water partition coefficient (Wildman–Crippen LogP) is 1.70. The van der Waals surface area contributed by atoms with Gasteiger partial charge in [0.15, 0.2) is 0 Å². The first-order valence-corrected chi connectivity index (χ1v) is 7.45. The fourth-order valence-electron chi connectivity index (χ4n) is 3.24. The first-order valence-electron chi connectivity index (χ1n) is 7.45. The van der Waals surface area contributed by atoms with Crippen LogP contribution in [0.5, 0.6) is 0 Å². The number of carbonyl (C=O) groups excluding carboxylic acids is 1. The quantitative estimate of drug-likeness (QED) is 0.889. The van der Waals surface area contributed by atoms with Crippen LogP contribution in [0.2, 0.25) is 0 Å². The van der Waals surface area contributed by atoms with Crippen molar-refractivity contribution in [3.63, 3.8) is 0 Å². The molecule has 0 radical (unpaired) electrons. The number of hydrogen-bond acceptors (Lipinski definition) is 4. The van der Waals surface area contributed by atoms with E-state index in [-0.39, 0.29) is 36.7 Å². The first-order chi connectivity index (χ1) is 10.2. The van der Waals surface area contributed by atoms with Crippen molar-refractivity contribution < 1.29 is 19.4 Å². The number of hydrogen-bond donors (Lipinski definition) is 2. The van der Waals surface area contributed by atoms with Crippen molar-refractivity contribution in [2.45, 2.75) is 31.6 Å². The van der Waals surface area contributed by atoms with E-state index in [0.717, 1.165) is 18.4 Å². The number of fused-ring (bicyclic) bond motifs is 2. The van der Waals surface area contributed by atoms with E-state index < -0.39 is 0 Å². The molecule has 1 saturated carbocycles. The van der Waals surface area contributed by atoms with Gasteiger partial charge in [-0.1, -0.05) is 30.3 Å². The van der Waals surface area contributed by atoms with Crippen LogP contribution in [0.15, 0.2) is 30.3 Å². The van der Waals surface area contributed by atoms with Crippen LogP contribution in [0.3, 0.4) is 0 Å². The van der Waals surface area contributed by atoms with Crippen molar-refractivity contribution in [3.8, 4) is 0 Å². The van der Waals surface area contributed by atoms with E-state index in [9.17, 15) is 9.90 Å². The lowest BCUT2D eigenvalue weighted by Crippen LogP contribution is -2.52. The first kappa shape index (κ1) is 14.4. The van der Waals surface area contributed by atoms with Crippen LogP contribution < -0.4 is 5.32 Å². The van der Waals surface area contributed by atoms with E-state index in [1.165, 1.54) is 0 Å². The minimum atomic E-state index is -0.390. The van der Waals surface area contributed by atoms with Gasteiger partial charge in [0, 0.05) is 17.9 Å².